The summed E-state index contributed by atoms with van der Waals surface area (Å²) in [5.41, 5.74) is 7.95. The zero-order valence-electron chi connectivity index (χ0n) is 12.7. The molecule has 3 heteroatoms. The molecule has 3 nitrogen and oxygen atoms in total. The van der Waals surface area contributed by atoms with Crippen LogP contribution in [0, 0.1) is 5.92 Å². The number of carbonyl (C=O) groups excluding carboxylic acids is 1. The molecule has 0 aliphatic rings. The lowest BCUT2D eigenvalue weighted by Gasteiger charge is -2.22. The fourth-order valence-corrected chi connectivity index (χ4v) is 2.23. The zero-order chi connectivity index (χ0) is 14.6. The highest BCUT2D eigenvalue weighted by molar-refractivity contribution is 5.77. The minimum Gasteiger partial charge on any atom is -0.365 e. The first kappa shape index (κ1) is 15.7. The quantitative estimate of drug-likeness (QED) is 0.809. The fourth-order valence-electron chi connectivity index (χ4n) is 2.23. The van der Waals surface area contributed by atoms with Crippen LogP contribution in [0.2, 0.25) is 0 Å². The molecule has 1 aromatic carbocycles. The lowest BCUT2D eigenvalue weighted by molar-refractivity contribution is -0.719. The van der Waals surface area contributed by atoms with E-state index in [1.807, 2.05) is 6.92 Å². The molecule has 0 saturated carbocycles. The number of rotatable bonds is 6. The van der Waals surface area contributed by atoms with Gasteiger partial charge in [0.2, 0.25) is 0 Å². The largest absolute Gasteiger partial charge is 0.365 e. The molecule has 0 spiro atoms. The Hall–Kier alpha value is -1.35. The Labute approximate surface area is 116 Å². The Morgan fingerprint density at radius 3 is 1.84 bits per heavy atom. The van der Waals surface area contributed by atoms with Crippen molar-refractivity contribution in [3.63, 3.8) is 0 Å². The van der Waals surface area contributed by atoms with Crippen molar-refractivity contribution in [1.29, 1.82) is 0 Å². The van der Waals surface area contributed by atoms with Gasteiger partial charge in [-0.1, -0.05) is 52.0 Å². The molecule has 0 unspecified atom stereocenters. The van der Waals surface area contributed by atoms with Crippen LogP contribution in [0.5, 0.6) is 0 Å². The molecule has 0 heterocycles. The number of nitrogens with two attached hydrogens (primary N) is 2. The highest BCUT2D eigenvalue weighted by atomic mass is 16.1. The van der Waals surface area contributed by atoms with Gasteiger partial charge >= 0.3 is 0 Å². The van der Waals surface area contributed by atoms with E-state index in [4.69, 9.17) is 5.73 Å². The lowest BCUT2D eigenvalue weighted by atomic mass is 9.93. The van der Waals surface area contributed by atoms with Crippen molar-refractivity contribution < 1.29 is 10.1 Å². The first-order chi connectivity index (χ1) is 8.82. The first-order valence-electron chi connectivity index (χ1n) is 7.07. The molecule has 1 rings (SSSR count). The Bertz CT molecular complexity index is 409. The third-order valence-electron chi connectivity index (χ3n) is 3.65. The highest BCUT2D eigenvalue weighted by Gasteiger charge is 2.24. The summed E-state index contributed by atoms with van der Waals surface area (Å²) in [7, 11) is 0. The number of quaternary nitrogens is 1. The first-order valence-corrected chi connectivity index (χ1v) is 7.07. The topological polar surface area (TPSA) is 59.7 Å². The van der Waals surface area contributed by atoms with Crippen molar-refractivity contribution in [3.05, 3.63) is 35.4 Å². The molecule has 0 bridgehead atoms. The van der Waals surface area contributed by atoms with Gasteiger partial charge in [0.05, 0.1) is 0 Å². The summed E-state index contributed by atoms with van der Waals surface area (Å²) in [4.78, 5) is 11.2. The van der Waals surface area contributed by atoms with Crippen LogP contribution in [0.4, 0.5) is 0 Å². The van der Waals surface area contributed by atoms with Crippen LogP contribution in [0.15, 0.2) is 24.3 Å². The maximum Gasteiger partial charge on any atom is 0.275 e. The van der Waals surface area contributed by atoms with Crippen LogP contribution < -0.4 is 11.1 Å². The monoisotopic (exact) mass is 263 g/mol. The number of hydrogen-bond donors (Lipinski definition) is 2. The Kier molecular flexibility index (Phi) is 5.55. The predicted octanol–water partition coefficient (Wildman–Crippen LogP) is 1.94. The molecule has 0 saturated heterocycles. The van der Waals surface area contributed by atoms with E-state index in [0.29, 0.717) is 11.8 Å². The molecule has 19 heavy (non-hydrogen) atoms. The van der Waals surface area contributed by atoms with Crippen molar-refractivity contribution >= 4 is 5.91 Å². The van der Waals surface area contributed by atoms with Gasteiger partial charge in [-0.3, -0.25) is 4.79 Å². The lowest BCUT2D eigenvalue weighted by Crippen LogP contribution is -2.93. The summed E-state index contributed by atoms with van der Waals surface area (Å²) in [6, 6.07) is 8.77. The van der Waals surface area contributed by atoms with Crippen molar-refractivity contribution in [2.45, 2.75) is 52.6 Å². The fraction of sp³-hybridized carbons (Fsp3) is 0.562. The number of primary amides is 1. The minimum atomic E-state index is -0.260. The van der Waals surface area contributed by atoms with Crippen molar-refractivity contribution in [3.8, 4) is 0 Å². The third-order valence-corrected chi connectivity index (χ3v) is 3.65. The molecule has 0 aliphatic carbocycles. The van der Waals surface area contributed by atoms with E-state index in [-0.39, 0.29) is 18.0 Å². The summed E-state index contributed by atoms with van der Waals surface area (Å²) < 4.78 is 0. The van der Waals surface area contributed by atoms with E-state index in [9.17, 15) is 4.79 Å². The minimum absolute atomic E-state index is 0.197. The normalized spacial score (nSPS) is 14.7. The average Bonchev–Trinajstić information content (AvgIpc) is 2.35. The number of hydrogen-bond acceptors (Lipinski definition) is 1. The van der Waals surface area contributed by atoms with Crippen LogP contribution in [0.1, 0.15) is 57.7 Å². The average molecular weight is 263 g/mol. The van der Waals surface area contributed by atoms with Gasteiger partial charge in [-0.25, -0.2) is 0 Å². The summed E-state index contributed by atoms with van der Waals surface area (Å²) in [5.74, 6) is 0.733. The Morgan fingerprint density at radius 2 is 1.47 bits per heavy atom. The second-order valence-electron chi connectivity index (χ2n) is 5.97. The molecule has 4 N–H and O–H groups in total. The third kappa shape index (κ3) is 4.35. The SMILES string of the molecule is CC(C)c1ccc([C@@H]([NH2+][C@H](C)C(N)=O)C(C)C)cc1. The second kappa shape index (κ2) is 6.71. The molecule has 0 aliphatic heterocycles. The van der Waals surface area contributed by atoms with Crippen LogP contribution >= 0.6 is 0 Å². The van der Waals surface area contributed by atoms with Gasteiger partial charge in [0.1, 0.15) is 6.04 Å². The van der Waals surface area contributed by atoms with Crippen molar-refractivity contribution in [1.82, 2.24) is 0 Å². The van der Waals surface area contributed by atoms with E-state index >= 15 is 0 Å². The van der Waals surface area contributed by atoms with Crippen LogP contribution in [0.25, 0.3) is 0 Å². The molecule has 1 amide bonds. The van der Waals surface area contributed by atoms with Gasteiger partial charge < -0.3 is 11.1 Å². The highest BCUT2D eigenvalue weighted by Crippen LogP contribution is 2.21. The summed E-state index contributed by atoms with van der Waals surface area (Å²) in [5, 5.41) is 2.07. The number of carbonyl (C=O) groups is 1. The zero-order valence-corrected chi connectivity index (χ0v) is 12.7. The molecular weight excluding hydrogens is 236 g/mol. The van der Waals surface area contributed by atoms with E-state index in [1.165, 1.54) is 11.1 Å². The van der Waals surface area contributed by atoms with Gasteiger partial charge in [-0.15, -0.1) is 0 Å². The second-order valence-corrected chi connectivity index (χ2v) is 5.97. The molecule has 106 valence electrons. The molecule has 0 aromatic heterocycles. The summed E-state index contributed by atoms with van der Waals surface area (Å²) in [6.45, 7) is 10.6. The maximum atomic E-state index is 11.2. The molecule has 2 atom stereocenters. The van der Waals surface area contributed by atoms with Crippen molar-refractivity contribution in [2.75, 3.05) is 0 Å². The van der Waals surface area contributed by atoms with Gasteiger partial charge in [0.25, 0.3) is 5.91 Å². The molecule has 0 fully saturated rings. The maximum absolute atomic E-state index is 11.2. The van der Waals surface area contributed by atoms with Crippen molar-refractivity contribution in [2.24, 2.45) is 11.7 Å². The van der Waals surface area contributed by atoms with Crippen LogP contribution in [-0.4, -0.2) is 11.9 Å². The summed E-state index contributed by atoms with van der Waals surface area (Å²) in [6.07, 6.45) is 0. The van der Waals surface area contributed by atoms with E-state index in [1.54, 1.807) is 0 Å². The molecular formula is C16H27N2O+. The molecule has 0 radical (unpaired) electrons. The van der Waals surface area contributed by atoms with Crippen LogP contribution in [0.3, 0.4) is 0 Å². The Morgan fingerprint density at radius 1 is 1.00 bits per heavy atom. The van der Waals surface area contributed by atoms with E-state index < -0.39 is 0 Å². The van der Waals surface area contributed by atoms with Gasteiger partial charge in [0, 0.05) is 11.5 Å². The Balaban J connectivity index is 2.90. The van der Waals surface area contributed by atoms with Crippen LogP contribution in [-0.2, 0) is 4.79 Å². The van der Waals surface area contributed by atoms with E-state index in [2.05, 4.69) is 57.3 Å². The molecule has 1 aromatic rings. The smallest absolute Gasteiger partial charge is 0.275 e. The number of benzene rings is 1. The van der Waals surface area contributed by atoms with Gasteiger partial charge in [-0.05, 0) is 18.4 Å². The van der Waals surface area contributed by atoms with Gasteiger partial charge in [0.15, 0.2) is 6.04 Å². The number of amides is 1. The standard InChI is InChI=1S/C16H26N2O/c1-10(2)13-6-8-14(9-7-13)15(11(3)4)18-12(5)16(17)19/h6-12,15,18H,1-5H3,(H2,17,19)/p+1/t12-,15+/m1/s1. The summed E-state index contributed by atoms with van der Waals surface area (Å²) >= 11 is 0. The predicted molar refractivity (Wildman–Crippen MR) is 78.7 cm³/mol. The van der Waals surface area contributed by atoms with E-state index in [0.717, 1.165) is 0 Å². The van der Waals surface area contributed by atoms with Gasteiger partial charge in [-0.2, -0.15) is 0 Å².